The van der Waals surface area contributed by atoms with Crippen molar-refractivity contribution >= 4 is 17.5 Å². The fourth-order valence-corrected chi connectivity index (χ4v) is 4.57. The molecule has 0 spiro atoms. The first kappa shape index (κ1) is 25.0. The summed E-state index contributed by atoms with van der Waals surface area (Å²) in [6, 6.07) is 15.6. The Morgan fingerprint density at radius 2 is 1.64 bits per heavy atom. The van der Waals surface area contributed by atoms with Gasteiger partial charge in [0.15, 0.2) is 0 Å². The zero-order chi connectivity index (χ0) is 25.7. The third-order valence-electron chi connectivity index (χ3n) is 6.55. The first-order chi connectivity index (χ1) is 17.4. The molecule has 2 atom stereocenters. The molecule has 1 aromatic heterocycles. The zero-order valence-corrected chi connectivity index (χ0v) is 20.6. The summed E-state index contributed by atoms with van der Waals surface area (Å²) in [6.07, 6.45) is 2.57. The lowest BCUT2D eigenvalue weighted by Gasteiger charge is -2.41. The lowest BCUT2D eigenvalue weighted by molar-refractivity contribution is -0.129. The maximum absolute atomic E-state index is 13.4. The maximum Gasteiger partial charge on any atom is 0.253 e. The van der Waals surface area contributed by atoms with E-state index in [1.165, 1.54) is 16.8 Å². The minimum Gasteiger partial charge on any atom is -0.497 e. The van der Waals surface area contributed by atoms with Crippen LogP contribution in [0.25, 0.3) is 0 Å². The number of amides is 2. The fraction of sp³-hybridized carbons (Fsp3) is 0.333. The molecule has 9 nitrogen and oxygen atoms in total. The van der Waals surface area contributed by atoms with Crippen molar-refractivity contribution in [2.75, 3.05) is 25.7 Å². The van der Waals surface area contributed by atoms with Crippen molar-refractivity contribution in [3.63, 3.8) is 0 Å². The summed E-state index contributed by atoms with van der Waals surface area (Å²) in [5, 5.41) is 3.00. The number of carbonyl (C=O) groups excluding carboxylic acids is 2. The number of anilines is 1. The number of hydrogen-bond acceptors (Lipinski definition) is 6. The highest BCUT2D eigenvalue weighted by atomic mass is 16.5. The Morgan fingerprint density at radius 1 is 1.00 bits per heavy atom. The van der Waals surface area contributed by atoms with E-state index >= 15 is 0 Å². The Balaban J connectivity index is 1.61. The van der Waals surface area contributed by atoms with E-state index in [1.807, 2.05) is 36.4 Å². The number of nitrogens with zero attached hydrogens (tertiary/aromatic N) is 3. The van der Waals surface area contributed by atoms with E-state index in [2.05, 4.69) is 10.3 Å². The van der Waals surface area contributed by atoms with Crippen molar-refractivity contribution in [2.24, 2.45) is 13.0 Å². The van der Waals surface area contributed by atoms with E-state index in [0.717, 1.165) is 5.56 Å². The topological polar surface area (TPSA) is 103 Å². The Kier molecular flexibility index (Phi) is 7.68. The highest BCUT2D eigenvalue weighted by Crippen LogP contribution is 2.40. The van der Waals surface area contributed by atoms with E-state index in [0.29, 0.717) is 42.4 Å². The minimum absolute atomic E-state index is 0.0477. The Bertz CT molecular complexity index is 1270. The first-order valence-electron chi connectivity index (χ1n) is 11.8. The molecule has 3 aromatic rings. The van der Waals surface area contributed by atoms with E-state index < -0.39 is 12.0 Å². The Labute approximate surface area is 209 Å². The van der Waals surface area contributed by atoms with Crippen LogP contribution in [0.15, 0.2) is 65.6 Å². The van der Waals surface area contributed by atoms with E-state index in [1.54, 1.807) is 38.3 Å². The molecule has 0 saturated carbocycles. The third kappa shape index (κ3) is 5.25. The molecule has 1 saturated heterocycles. The number of ether oxygens (including phenoxy) is 2. The van der Waals surface area contributed by atoms with Crippen LogP contribution in [0.5, 0.6) is 11.5 Å². The molecule has 2 amide bonds. The van der Waals surface area contributed by atoms with Crippen LogP contribution in [-0.2, 0) is 23.1 Å². The second-order valence-electron chi connectivity index (χ2n) is 8.62. The van der Waals surface area contributed by atoms with Crippen molar-refractivity contribution in [1.82, 2.24) is 14.9 Å². The van der Waals surface area contributed by atoms with Gasteiger partial charge in [-0.25, -0.2) is 4.98 Å². The van der Waals surface area contributed by atoms with Gasteiger partial charge in [0, 0.05) is 44.4 Å². The molecule has 2 unspecified atom stereocenters. The molecule has 36 heavy (non-hydrogen) atoms. The van der Waals surface area contributed by atoms with Crippen molar-refractivity contribution in [1.29, 1.82) is 0 Å². The predicted molar refractivity (Wildman–Crippen MR) is 135 cm³/mol. The minimum atomic E-state index is -0.496. The molecule has 1 fully saturated rings. The van der Waals surface area contributed by atoms with Crippen molar-refractivity contribution in [3.05, 3.63) is 82.5 Å². The second-order valence-corrected chi connectivity index (χ2v) is 8.62. The lowest BCUT2D eigenvalue weighted by atomic mass is 9.83. The van der Waals surface area contributed by atoms with Gasteiger partial charge in [-0.1, -0.05) is 12.1 Å². The van der Waals surface area contributed by atoms with Crippen LogP contribution < -0.4 is 25.2 Å². The third-order valence-corrected chi connectivity index (χ3v) is 6.55. The van der Waals surface area contributed by atoms with Gasteiger partial charge in [0.25, 0.3) is 5.56 Å². The fourth-order valence-electron chi connectivity index (χ4n) is 4.57. The van der Waals surface area contributed by atoms with Crippen molar-refractivity contribution < 1.29 is 19.1 Å². The van der Waals surface area contributed by atoms with Gasteiger partial charge in [-0.15, -0.1) is 0 Å². The molecular weight excluding hydrogens is 460 g/mol. The van der Waals surface area contributed by atoms with Gasteiger partial charge in [0.1, 0.15) is 17.3 Å². The van der Waals surface area contributed by atoms with E-state index in [-0.39, 0.29) is 23.8 Å². The number of methoxy groups -OCH3 is 2. The highest BCUT2D eigenvalue weighted by molar-refractivity contribution is 5.97. The summed E-state index contributed by atoms with van der Waals surface area (Å²) in [5.41, 5.74) is 1.39. The number of piperidine rings is 1. The smallest absolute Gasteiger partial charge is 0.253 e. The van der Waals surface area contributed by atoms with Crippen LogP contribution in [0.4, 0.5) is 5.69 Å². The SMILES string of the molecule is COc1ccc(C2C(C(=O)NCCc3nccc(=O)n3C)CCC(=O)N2c2ccc(OC)cc2)cc1. The molecular formula is C27H30N4O5. The molecule has 188 valence electrons. The average Bonchev–Trinajstić information content (AvgIpc) is 2.91. The van der Waals surface area contributed by atoms with Gasteiger partial charge in [-0.2, -0.15) is 0 Å². The zero-order valence-electron chi connectivity index (χ0n) is 20.6. The standard InChI is InChI=1S/C27H30N4O5/c1-30-23(28-17-15-24(30)32)14-16-29-27(34)22-12-13-25(33)31(19-6-10-21(36-3)11-7-19)26(22)18-4-8-20(35-2)9-5-18/h4-11,15,17,22,26H,12-14,16H2,1-3H3,(H,29,34). The summed E-state index contributed by atoms with van der Waals surface area (Å²) in [6.45, 7) is 0.325. The van der Waals surface area contributed by atoms with Crippen LogP contribution in [0.1, 0.15) is 30.3 Å². The molecule has 2 aromatic carbocycles. The number of rotatable bonds is 8. The van der Waals surface area contributed by atoms with Crippen molar-refractivity contribution in [3.8, 4) is 11.5 Å². The number of aromatic nitrogens is 2. The molecule has 9 heteroatoms. The maximum atomic E-state index is 13.4. The molecule has 1 N–H and O–H groups in total. The van der Waals surface area contributed by atoms with Crippen LogP contribution >= 0.6 is 0 Å². The number of benzene rings is 2. The molecule has 0 bridgehead atoms. The summed E-state index contributed by atoms with van der Waals surface area (Å²) in [4.78, 5) is 44.4. The summed E-state index contributed by atoms with van der Waals surface area (Å²) >= 11 is 0. The summed E-state index contributed by atoms with van der Waals surface area (Å²) in [7, 11) is 4.84. The average molecular weight is 491 g/mol. The van der Waals surface area contributed by atoms with Gasteiger partial charge in [0.2, 0.25) is 11.8 Å². The highest BCUT2D eigenvalue weighted by Gasteiger charge is 2.41. The summed E-state index contributed by atoms with van der Waals surface area (Å²) < 4.78 is 12.0. The molecule has 2 heterocycles. The normalized spacial score (nSPS) is 17.5. The van der Waals surface area contributed by atoms with Crippen LogP contribution in [-0.4, -0.2) is 42.1 Å². The Morgan fingerprint density at radius 3 is 2.28 bits per heavy atom. The van der Waals surface area contributed by atoms with Gasteiger partial charge in [-0.3, -0.25) is 19.0 Å². The lowest BCUT2D eigenvalue weighted by Crippen LogP contribution is -2.48. The number of hydrogen-bond donors (Lipinski definition) is 1. The van der Waals surface area contributed by atoms with Gasteiger partial charge < -0.3 is 19.7 Å². The van der Waals surface area contributed by atoms with Crippen molar-refractivity contribution in [2.45, 2.75) is 25.3 Å². The molecule has 0 aliphatic carbocycles. The van der Waals surface area contributed by atoms with Crippen LogP contribution in [0.3, 0.4) is 0 Å². The van der Waals surface area contributed by atoms with E-state index in [4.69, 9.17) is 9.47 Å². The van der Waals surface area contributed by atoms with E-state index in [9.17, 15) is 14.4 Å². The monoisotopic (exact) mass is 490 g/mol. The van der Waals surface area contributed by atoms with Gasteiger partial charge in [-0.05, 0) is 48.4 Å². The first-order valence-corrected chi connectivity index (χ1v) is 11.8. The van der Waals surface area contributed by atoms with Gasteiger partial charge >= 0.3 is 0 Å². The van der Waals surface area contributed by atoms with Crippen LogP contribution in [0, 0.1) is 5.92 Å². The molecule has 4 rings (SSSR count). The summed E-state index contributed by atoms with van der Waals surface area (Å²) in [5.74, 6) is 1.30. The van der Waals surface area contributed by atoms with Gasteiger partial charge in [0.05, 0.1) is 26.2 Å². The largest absolute Gasteiger partial charge is 0.497 e. The second kappa shape index (κ2) is 11.1. The van der Waals surface area contributed by atoms with Crippen LogP contribution in [0.2, 0.25) is 0 Å². The Hall–Kier alpha value is -4.14. The molecule has 0 radical (unpaired) electrons. The number of nitrogens with one attached hydrogen (secondary N) is 1. The number of carbonyl (C=O) groups is 2. The predicted octanol–water partition coefficient (Wildman–Crippen LogP) is 2.64. The molecule has 1 aliphatic heterocycles. The molecule has 1 aliphatic rings. The quantitative estimate of drug-likeness (QED) is 0.521.